The number of carboxylic acids is 2. The zero-order chi connectivity index (χ0) is 20.0. The molecule has 0 aliphatic rings. The maximum absolute atomic E-state index is 10.9. The van der Waals surface area contributed by atoms with Crippen molar-refractivity contribution in [1.82, 2.24) is 0 Å². The number of hydrogen-bond acceptors (Lipinski definition) is 6. The average Bonchev–Trinajstić information content (AvgIpc) is 2.54. The van der Waals surface area contributed by atoms with Gasteiger partial charge in [0.05, 0.1) is 11.1 Å². The summed E-state index contributed by atoms with van der Waals surface area (Å²) >= 11 is 0. The minimum atomic E-state index is -1.25. The summed E-state index contributed by atoms with van der Waals surface area (Å²) in [6.45, 7) is 2.53. The van der Waals surface area contributed by atoms with E-state index >= 15 is 0 Å². The number of phenols is 2. The molecule has 0 radical (unpaired) electrons. The second-order valence-electron chi connectivity index (χ2n) is 5.13. The Kier molecular flexibility index (Phi) is 8.93. The Labute approximate surface area is 164 Å². The molecule has 0 aliphatic carbocycles. The van der Waals surface area contributed by atoms with Gasteiger partial charge in [0, 0.05) is 0 Å². The minimum Gasteiger partial charge on any atom is -0.506 e. The van der Waals surface area contributed by atoms with E-state index in [9.17, 15) is 29.4 Å². The summed E-state index contributed by atoms with van der Waals surface area (Å²) in [5, 5.41) is 35.9. The van der Waals surface area contributed by atoms with Crippen LogP contribution in [0.1, 0.15) is 55.3 Å². The van der Waals surface area contributed by atoms with Gasteiger partial charge in [-0.1, -0.05) is 12.1 Å². The molecule has 2 aromatic carbocycles. The molecule has 0 saturated carbocycles. The zero-order valence-electron chi connectivity index (χ0n) is 13.9. The second-order valence-corrected chi connectivity index (χ2v) is 5.13. The highest BCUT2D eigenvalue weighted by Crippen LogP contribution is 2.23. The van der Waals surface area contributed by atoms with Gasteiger partial charge in [-0.3, -0.25) is 9.59 Å². The fraction of sp³-hybridized carbons (Fsp3) is 0.111. The van der Waals surface area contributed by atoms with Gasteiger partial charge in [-0.2, -0.15) is 0 Å². The SMILES string of the molecule is CC(=O)c1cccc(C(=O)O)c1O.CC(=O)c1cccc(C(=O)O)c1O.[AlH3]. The van der Waals surface area contributed by atoms with E-state index < -0.39 is 23.4 Å². The maximum Gasteiger partial charge on any atom is 0.339 e. The van der Waals surface area contributed by atoms with E-state index in [0.717, 1.165) is 0 Å². The van der Waals surface area contributed by atoms with Crippen molar-refractivity contribution in [2.75, 3.05) is 0 Å². The lowest BCUT2D eigenvalue weighted by Crippen LogP contribution is -2.01. The standard InChI is InChI=1S/2C9H8O4.Al.3H/c2*1-5(10)6-3-2-4-7(8(6)11)9(12)13;;;;/h2*2-4,11H,1H3,(H,12,13);;;;. The van der Waals surface area contributed by atoms with Crippen LogP contribution in [-0.4, -0.2) is 61.3 Å². The van der Waals surface area contributed by atoms with Crippen molar-refractivity contribution >= 4 is 40.9 Å². The Morgan fingerprint density at radius 1 is 0.630 bits per heavy atom. The van der Waals surface area contributed by atoms with Crippen LogP contribution < -0.4 is 0 Å². The average molecular weight is 390 g/mol. The van der Waals surface area contributed by atoms with Crippen molar-refractivity contribution in [2.45, 2.75) is 13.8 Å². The van der Waals surface area contributed by atoms with Crippen molar-refractivity contribution < 1.29 is 39.6 Å². The Morgan fingerprint density at radius 2 is 0.889 bits per heavy atom. The van der Waals surface area contributed by atoms with Gasteiger partial charge < -0.3 is 20.4 Å². The summed E-state index contributed by atoms with van der Waals surface area (Å²) in [4.78, 5) is 42.8. The van der Waals surface area contributed by atoms with Crippen molar-refractivity contribution in [1.29, 1.82) is 0 Å². The fourth-order valence-corrected chi connectivity index (χ4v) is 2.00. The smallest absolute Gasteiger partial charge is 0.339 e. The van der Waals surface area contributed by atoms with Crippen LogP contribution in [0.2, 0.25) is 0 Å². The van der Waals surface area contributed by atoms with Gasteiger partial charge >= 0.3 is 11.9 Å². The third-order valence-corrected chi connectivity index (χ3v) is 3.29. The summed E-state index contributed by atoms with van der Waals surface area (Å²) in [5.74, 6) is -4.16. The molecule has 0 heterocycles. The number of hydrogen-bond donors (Lipinski definition) is 4. The van der Waals surface area contributed by atoms with Crippen LogP contribution in [0.15, 0.2) is 36.4 Å². The number of aromatic hydroxyl groups is 2. The lowest BCUT2D eigenvalue weighted by Gasteiger charge is -2.02. The molecule has 2 aromatic rings. The number of ketones is 2. The summed E-state index contributed by atoms with van der Waals surface area (Å²) in [5.41, 5.74) is -0.458. The highest BCUT2D eigenvalue weighted by molar-refractivity contribution is 6.02. The van der Waals surface area contributed by atoms with Crippen molar-refractivity contribution in [3.05, 3.63) is 58.7 Å². The molecule has 0 spiro atoms. The quantitative estimate of drug-likeness (QED) is 0.452. The number of carboxylic acid groups (broad SMARTS) is 2. The number of aromatic carboxylic acids is 2. The zero-order valence-corrected chi connectivity index (χ0v) is 13.9. The third kappa shape index (κ3) is 5.95. The molecule has 4 N–H and O–H groups in total. The van der Waals surface area contributed by atoms with Gasteiger partial charge in [-0.15, -0.1) is 0 Å². The van der Waals surface area contributed by atoms with E-state index in [2.05, 4.69) is 0 Å². The van der Waals surface area contributed by atoms with E-state index in [4.69, 9.17) is 10.2 Å². The van der Waals surface area contributed by atoms with Crippen LogP contribution in [0.3, 0.4) is 0 Å². The Bertz CT molecular complexity index is 751. The van der Waals surface area contributed by atoms with Gasteiger partial charge in [-0.05, 0) is 38.1 Å². The molecule has 27 heavy (non-hydrogen) atoms. The predicted octanol–water partition coefficient (Wildman–Crippen LogP) is 1.40. The molecule has 9 heteroatoms. The molecule has 0 amide bonds. The van der Waals surface area contributed by atoms with Crippen LogP contribution in [0.5, 0.6) is 11.5 Å². The summed E-state index contributed by atoms with van der Waals surface area (Å²) in [6.07, 6.45) is 0. The minimum absolute atomic E-state index is 0. The molecule has 0 unspecified atom stereocenters. The number of Topliss-reactive ketones (excluding diaryl/α,β-unsaturated/α-hetero) is 2. The number of para-hydroxylation sites is 2. The molecular formula is C18H19AlO8. The first-order valence-electron chi connectivity index (χ1n) is 7.20. The summed E-state index contributed by atoms with van der Waals surface area (Å²) in [7, 11) is 0. The predicted molar refractivity (Wildman–Crippen MR) is 100 cm³/mol. The van der Waals surface area contributed by atoms with Crippen LogP contribution in [0.25, 0.3) is 0 Å². The molecule has 0 bridgehead atoms. The molecule has 0 fully saturated rings. The Balaban J connectivity index is 0.000000483. The van der Waals surface area contributed by atoms with Crippen LogP contribution in [0, 0.1) is 0 Å². The number of benzene rings is 2. The van der Waals surface area contributed by atoms with E-state index in [1.165, 1.54) is 50.2 Å². The monoisotopic (exact) mass is 390 g/mol. The van der Waals surface area contributed by atoms with Crippen LogP contribution >= 0.6 is 0 Å². The van der Waals surface area contributed by atoms with Gasteiger partial charge in [0.15, 0.2) is 28.9 Å². The third-order valence-electron chi connectivity index (χ3n) is 3.29. The molecular weight excluding hydrogens is 371 g/mol. The molecule has 2 rings (SSSR count). The fourth-order valence-electron chi connectivity index (χ4n) is 2.00. The first kappa shape index (κ1) is 23.9. The van der Waals surface area contributed by atoms with Crippen molar-refractivity contribution in [3.63, 3.8) is 0 Å². The Morgan fingerprint density at radius 3 is 1.11 bits per heavy atom. The second kappa shape index (κ2) is 10.1. The Hall–Kier alpha value is -3.15. The van der Waals surface area contributed by atoms with Crippen LogP contribution in [0.4, 0.5) is 0 Å². The van der Waals surface area contributed by atoms with E-state index in [-0.39, 0.29) is 51.2 Å². The number of carbonyl (C=O) groups excluding carboxylic acids is 2. The lowest BCUT2D eigenvalue weighted by molar-refractivity contribution is 0.0682. The highest BCUT2D eigenvalue weighted by Gasteiger charge is 2.15. The number of rotatable bonds is 4. The van der Waals surface area contributed by atoms with Gasteiger partial charge in [0.25, 0.3) is 0 Å². The highest BCUT2D eigenvalue weighted by atomic mass is 27.0. The molecule has 0 atom stereocenters. The van der Waals surface area contributed by atoms with E-state index in [1.807, 2.05) is 0 Å². The summed E-state index contributed by atoms with van der Waals surface area (Å²) in [6, 6.07) is 8.07. The molecule has 0 aliphatic heterocycles. The van der Waals surface area contributed by atoms with E-state index in [0.29, 0.717) is 0 Å². The summed E-state index contributed by atoms with van der Waals surface area (Å²) < 4.78 is 0. The molecule has 8 nitrogen and oxygen atoms in total. The maximum atomic E-state index is 10.9. The first-order valence-corrected chi connectivity index (χ1v) is 7.20. The van der Waals surface area contributed by atoms with Crippen LogP contribution in [-0.2, 0) is 0 Å². The van der Waals surface area contributed by atoms with Gasteiger partial charge in [-0.25, -0.2) is 9.59 Å². The topological polar surface area (TPSA) is 149 Å². The molecule has 0 aromatic heterocycles. The van der Waals surface area contributed by atoms with Crippen molar-refractivity contribution in [2.24, 2.45) is 0 Å². The first-order chi connectivity index (χ1) is 12.1. The van der Waals surface area contributed by atoms with Crippen molar-refractivity contribution in [3.8, 4) is 11.5 Å². The van der Waals surface area contributed by atoms with Gasteiger partial charge in [0.1, 0.15) is 22.6 Å². The molecule has 142 valence electrons. The lowest BCUT2D eigenvalue weighted by atomic mass is 10.1. The molecule has 0 saturated heterocycles. The largest absolute Gasteiger partial charge is 0.506 e. The van der Waals surface area contributed by atoms with E-state index in [1.54, 1.807) is 0 Å². The normalized spacial score (nSPS) is 9.26. The number of carbonyl (C=O) groups is 4. The van der Waals surface area contributed by atoms with Gasteiger partial charge in [0.2, 0.25) is 0 Å².